The number of rotatable bonds is 6. The molecule has 0 radical (unpaired) electrons. The molecule has 0 amide bonds. The summed E-state index contributed by atoms with van der Waals surface area (Å²) in [5.74, 6) is 6.88. The number of anilines is 1. The standard InChI is InChI=1S/C15H20N4O/c1-19(10-12-7-8-15(18-16)17-9-12)11-13-5-3-4-6-14(13)20-2/h3-9H,10-11,16H2,1-2H3,(H,17,18). The van der Waals surface area contributed by atoms with Crippen molar-refractivity contribution in [3.8, 4) is 5.75 Å². The monoisotopic (exact) mass is 272 g/mol. The third-order valence-corrected chi connectivity index (χ3v) is 3.06. The number of hydrogen-bond acceptors (Lipinski definition) is 5. The van der Waals surface area contributed by atoms with Crippen LogP contribution in [0.2, 0.25) is 0 Å². The van der Waals surface area contributed by atoms with Crippen LogP contribution in [0.5, 0.6) is 5.75 Å². The molecule has 0 aliphatic rings. The Hall–Kier alpha value is -2.11. The minimum absolute atomic E-state index is 0.668. The van der Waals surface area contributed by atoms with Crippen LogP contribution < -0.4 is 16.0 Å². The topological polar surface area (TPSA) is 63.4 Å². The Labute approximate surface area is 119 Å². The smallest absolute Gasteiger partial charge is 0.139 e. The lowest BCUT2D eigenvalue weighted by atomic mass is 10.2. The molecule has 0 bridgehead atoms. The second-order valence-electron chi connectivity index (χ2n) is 4.68. The first-order valence-electron chi connectivity index (χ1n) is 6.45. The molecule has 1 aromatic heterocycles. The largest absolute Gasteiger partial charge is 0.496 e. The van der Waals surface area contributed by atoms with Gasteiger partial charge in [-0.1, -0.05) is 24.3 Å². The highest BCUT2D eigenvalue weighted by Crippen LogP contribution is 2.19. The molecule has 1 heterocycles. The highest BCUT2D eigenvalue weighted by Gasteiger charge is 2.06. The van der Waals surface area contributed by atoms with Crippen molar-refractivity contribution >= 4 is 5.82 Å². The molecule has 0 aliphatic carbocycles. The molecular formula is C15H20N4O. The molecule has 3 N–H and O–H groups in total. The first-order valence-corrected chi connectivity index (χ1v) is 6.45. The number of nitrogens with zero attached hydrogens (tertiary/aromatic N) is 2. The van der Waals surface area contributed by atoms with Crippen molar-refractivity contribution in [3.63, 3.8) is 0 Å². The van der Waals surface area contributed by atoms with Crippen molar-refractivity contribution in [2.45, 2.75) is 13.1 Å². The molecule has 2 aromatic rings. The molecule has 0 aliphatic heterocycles. The Morgan fingerprint density at radius 2 is 2.00 bits per heavy atom. The maximum Gasteiger partial charge on any atom is 0.139 e. The molecule has 2 rings (SSSR count). The Morgan fingerprint density at radius 3 is 2.65 bits per heavy atom. The maximum absolute atomic E-state index is 5.37. The van der Waals surface area contributed by atoms with E-state index in [1.807, 2.05) is 36.5 Å². The van der Waals surface area contributed by atoms with Gasteiger partial charge in [0.25, 0.3) is 0 Å². The van der Waals surface area contributed by atoms with Crippen molar-refractivity contribution in [1.29, 1.82) is 0 Å². The number of nitrogen functional groups attached to an aromatic ring is 1. The van der Waals surface area contributed by atoms with E-state index in [2.05, 4.69) is 28.4 Å². The van der Waals surface area contributed by atoms with Gasteiger partial charge in [0.2, 0.25) is 0 Å². The summed E-state index contributed by atoms with van der Waals surface area (Å²) in [7, 11) is 3.77. The minimum Gasteiger partial charge on any atom is -0.496 e. The predicted octanol–water partition coefficient (Wildman–Crippen LogP) is 2.01. The second kappa shape index (κ2) is 6.88. The van der Waals surface area contributed by atoms with E-state index in [1.165, 1.54) is 5.56 Å². The van der Waals surface area contributed by atoms with Gasteiger partial charge in [-0.3, -0.25) is 4.90 Å². The summed E-state index contributed by atoms with van der Waals surface area (Å²) < 4.78 is 5.37. The Bertz CT molecular complexity index is 542. The van der Waals surface area contributed by atoms with Crippen molar-refractivity contribution in [3.05, 3.63) is 53.7 Å². The third kappa shape index (κ3) is 3.69. The van der Waals surface area contributed by atoms with Crippen molar-refractivity contribution in [2.75, 3.05) is 19.6 Å². The summed E-state index contributed by atoms with van der Waals surface area (Å²) in [5, 5.41) is 0. The van der Waals surface area contributed by atoms with Gasteiger partial charge in [-0.2, -0.15) is 0 Å². The summed E-state index contributed by atoms with van der Waals surface area (Å²) in [6, 6.07) is 11.9. The molecule has 5 heteroatoms. The molecule has 0 saturated carbocycles. The highest BCUT2D eigenvalue weighted by molar-refractivity contribution is 5.34. The first kappa shape index (κ1) is 14.3. The molecule has 0 saturated heterocycles. The number of hydrazine groups is 1. The second-order valence-corrected chi connectivity index (χ2v) is 4.68. The number of pyridine rings is 1. The number of para-hydroxylation sites is 1. The molecule has 106 valence electrons. The lowest BCUT2D eigenvalue weighted by molar-refractivity contribution is 0.310. The zero-order chi connectivity index (χ0) is 14.4. The van der Waals surface area contributed by atoms with E-state index < -0.39 is 0 Å². The number of ether oxygens (including phenoxy) is 1. The fourth-order valence-electron chi connectivity index (χ4n) is 2.10. The van der Waals surface area contributed by atoms with E-state index in [-0.39, 0.29) is 0 Å². The average molecular weight is 272 g/mol. The van der Waals surface area contributed by atoms with Gasteiger partial charge in [-0.25, -0.2) is 10.8 Å². The summed E-state index contributed by atoms with van der Waals surface area (Å²) >= 11 is 0. The van der Waals surface area contributed by atoms with E-state index in [1.54, 1.807) is 7.11 Å². The van der Waals surface area contributed by atoms with Gasteiger partial charge in [0.05, 0.1) is 7.11 Å². The number of nitrogens with one attached hydrogen (secondary N) is 1. The van der Waals surface area contributed by atoms with Crippen molar-refractivity contribution < 1.29 is 4.74 Å². The molecule has 0 unspecified atom stereocenters. The van der Waals surface area contributed by atoms with E-state index in [0.717, 1.165) is 24.4 Å². The average Bonchev–Trinajstić information content (AvgIpc) is 2.48. The van der Waals surface area contributed by atoms with E-state index >= 15 is 0 Å². The van der Waals surface area contributed by atoms with Crippen LogP contribution in [0.3, 0.4) is 0 Å². The van der Waals surface area contributed by atoms with Crippen LogP contribution in [-0.2, 0) is 13.1 Å². The van der Waals surface area contributed by atoms with Gasteiger partial charge in [-0.05, 0) is 24.7 Å². The molecule has 20 heavy (non-hydrogen) atoms. The number of nitrogens with two attached hydrogens (primary N) is 1. The van der Waals surface area contributed by atoms with Gasteiger partial charge in [-0.15, -0.1) is 0 Å². The fraction of sp³-hybridized carbons (Fsp3) is 0.267. The lowest BCUT2D eigenvalue weighted by Crippen LogP contribution is -2.18. The zero-order valence-electron chi connectivity index (χ0n) is 11.8. The van der Waals surface area contributed by atoms with Crippen LogP contribution in [-0.4, -0.2) is 24.0 Å². The van der Waals surface area contributed by atoms with Crippen LogP contribution in [0.4, 0.5) is 5.82 Å². The molecular weight excluding hydrogens is 252 g/mol. The molecule has 0 spiro atoms. The quantitative estimate of drug-likeness (QED) is 0.622. The van der Waals surface area contributed by atoms with Gasteiger partial charge in [0.15, 0.2) is 0 Å². The summed E-state index contributed by atoms with van der Waals surface area (Å²) in [6.45, 7) is 1.64. The minimum atomic E-state index is 0.668. The summed E-state index contributed by atoms with van der Waals surface area (Å²) in [4.78, 5) is 6.42. The van der Waals surface area contributed by atoms with Crippen molar-refractivity contribution in [2.24, 2.45) is 5.84 Å². The molecule has 5 nitrogen and oxygen atoms in total. The third-order valence-electron chi connectivity index (χ3n) is 3.06. The van der Waals surface area contributed by atoms with Gasteiger partial charge in [0.1, 0.15) is 11.6 Å². The van der Waals surface area contributed by atoms with E-state index in [0.29, 0.717) is 5.82 Å². The summed E-state index contributed by atoms with van der Waals surface area (Å²) in [6.07, 6.45) is 1.83. The SMILES string of the molecule is COc1ccccc1CN(C)Cc1ccc(NN)nc1. The normalized spacial score (nSPS) is 10.6. The fourth-order valence-corrected chi connectivity index (χ4v) is 2.10. The Morgan fingerprint density at radius 1 is 1.20 bits per heavy atom. The van der Waals surface area contributed by atoms with E-state index in [4.69, 9.17) is 10.6 Å². The van der Waals surface area contributed by atoms with Crippen LogP contribution in [0, 0.1) is 0 Å². The van der Waals surface area contributed by atoms with Crippen LogP contribution >= 0.6 is 0 Å². The van der Waals surface area contributed by atoms with Crippen LogP contribution in [0.25, 0.3) is 0 Å². The highest BCUT2D eigenvalue weighted by atomic mass is 16.5. The Kier molecular flexibility index (Phi) is 4.92. The number of aromatic nitrogens is 1. The molecule has 0 fully saturated rings. The van der Waals surface area contributed by atoms with Gasteiger partial charge < -0.3 is 10.2 Å². The lowest BCUT2D eigenvalue weighted by Gasteiger charge is -2.18. The zero-order valence-corrected chi connectivity index (χ0v) is 11.8. The predicted molar refractivity (Wildman–Crippen MR) is 80.2 cm³/mol. The first-order chi connectivity index (χ1) is 9.72. The van der Waals surface area contributed by atoms with Crippen LogP contribution in [0.1, 0.15) is 11.1 Å². The molecule has 0 atom stereocenters. The number of benzene rings is 1. The number of hydrogen-bond donors (Lipinski definition) is 2. The number of methoxy groups -OCH3 is 1. The van der Waals surface area contributed by atoms with E-state index in [9.17, 15) is 0 Å². The maximum atomic E-state index is 5.37. The summed E-state index contributed by atoms with van der Waals surface area (Å²) in [5.41, 5.74) is 4.83. The van der Waals surface area contributed by atoms with Gasteiger partial charge in [0, 0.05) is 24.8 Å². The van der Waals surface area contributed by atoms with Gasteiger partial charge >= 0.3 is 0 Å². The van der Waals surface area contributed by atoms with Crippen molar-refractivity contribution in [1.82, 2.24) is 9.88 Å². The molecule has 1 aromatic carbocycles. The Balaban J connectivity index is 1.99. The van der Waals surface area contributed by atoms with Crippen LogP contribution in [0.15, 0.2) is 42.6 Å².